The van der Waals surface area contributed by atoms with Crippen LogP contribution in [0.25, 0.3) is 0 Å². The third-order valence-corrected chi connectivity index (χ3v) is 2.67. The molecule has 0 heterocycles. The average Bonchev–Trinajstić information content (AvgIpc) is 2.18. The van der Waals surface area contributed by atoms with Crippen LogP contribution in [0.1, 0.15) is 19.4 Å². The van der Waals surface area contributed by atoms with E-state index in [2.05, 4.69) is 13.8 Å². The van der Waals surface area contributed by atoms with Gasteiger partial charge in [-0.2, -0.15) is 0 Å². The van der Waals surface area contributed by atoms with Crippen LogP contribution in [0.2, 0.25) is 5.02 Å². The van der Waals surface area contributed by atoms with E-state index >= 15 is 0 Å². The van der Waals surface area contributed by atoms with Gasteiger partial charge in [-0.25, -0.2) is 0 Å². The number of hydrogen-bond acceptors (Lipinski definition) is 2. The Kier molecular flexibility index (Phi) is 4.43. The average molecular weight is 228 g/mol. The summed E-state index contributed by atoms with van der Waals surface area (Å²) < 4.78 is 5.63. The monoisotopic (exact) mass is 227 g/mol. The highest BCUT2D eigenvalue weighted by Gasteiger charge is 2.09. The Morgan fingerprint density at radius 3 is 2.67 bits per heavy atom. The van der Waals surface area contributed by atoms with Gasteiger partial charge in [0.15, 0.2) is 0 Å². The van der Waals surface area contributed by atoms with Crippen molar-refractivity contribution in [1.29, 1.82) is 0 Å². The Labute approximate surface area is 96.4 Å². The molecule has 1 atom stereocenters. The fraction of sp³-hybridized carbons (Fsp3) is 0.500. The van der Waals surface area contributed by atoms with Crippen LogP contribution < -0.4 is 10.5 Å². The minimum Gasteiger partial charge on any atom is -0.492 e. The van der Waals surface area contributed by atoms with E-state index < -0.39 is 0 Å². The van der Waals surface area contributed by atoms with Crippen LogP contribution in [0.5, 0.6) is 5.75 Å². The molecule has 0 spiro atoms. The molecule has 2 nitrogen and oxygen atoms in total. The number of rotatable bonds is 4. The molecule has 3 heteroatoms. The van der Waals surface area contributed by atoms with Gasteiger partial charge < -0.3 is 10.5 Å². The highest BCUT2D eigenvalue weighted by molar-refractivity contribution is 6.30. The van der Waals surface area contributed by atoms with Crippen molar-refractivity contribution in [3.63, 3.8) is 0 Å². The maximum absolute atomic E-state index is 5.89. The number of ether oxygens (including phenoxy) is 1. The minimum absolute atomic E-state index is 0.0587. The zero-order chi connectivity index (χ0) is 11.4. The van der Waals surface area contributed by atoms with Crippen molar-refractivity contribution in [1.82, 2.24) is 0 Å². The lowest BCUT2D eigenvalue weighted by atomic mass is 10.1. The molecular weight excluding hydrogens is 210 g/mol. The second-order valence-electron chi connectivity index (χ2n) is 4.13. The van der Waals surface area contributed by atoms with Crippen molar-refractivity contribution in [3.05, 3.63) is 28.8 Å². The van der Waals surface area contributed by atoms with E-state index in [4.69, 9.17) is 22.1 Å². The third kappa shape index (κ3) is 3.73. The molecule has 15 heavy (non-hydrogen) atoms. The van der Waals surface area contributed by atoms with Crippen LogP contribution in [0.15, 0.2) is 18.2 Å². The largest absolute Gasteiger partial charge is 0.492 e. The lowest BCUT2D eigenvalue weighted by Crippen LogP contribution is -2.33. The van der Waals surface area contributed by atoms with Gasteiger partial charge in [-0.1, -0.05) is 31.5 Å². The first-order valence-corrected chi connectivity index (χ1v) is 5.53. The van der Waals surface area contributed by atoms with Crippen molar-refractivity contribution < 1.29 is 4.74 Å². The summed E-state index contributed by atoms with van der Waals surface area (Å²) in [6.45, 7) is 6.68. The van der Waals surface area contributed by atoms with E-state index in [-0.39, 0.29) is 6.04 Å². The SMILES string of the molecule is Cc1ccc(Cl)cc1OCC(N)C(C)C. The third-order valence-electron chi connectivity index (χ3n) is 2.44. The van der Waals surface area contributed by atoms with Gasteiger partial charge in [0.2, 0.25) is 0 Å². The molecule has 0 aliphatic rings. The number of halogens is 1. The van der Waals surface area contributed by atoms with Crippen LogP contribution in [0.3, 0.4) is 0 Å². The topological polar surface area (TPSA) is 35.2 Å². The molecule has 0 saturated heterocycles. The number of aryl methyl sites for hydroxylation is 1. The van der Waals surface area contributed by atoms with Gasteiger partial charge in [0.1, 0.15) is 12.4 Å². The Morgan fingerprint density at radius 2 is 2.07 bits per heavy atom. The van der Waals surface area contributed by atoms with Crippen LogP contribution in [0.4, 0.5) is 0 Å². The quantitative estimate of drug-likeness (QED) is 0.858. The number of hydrogen-bond donors (Lipinski definition) is 1. The summed E-state index contributed by atoms with van der Waals surface area (Å²) in [6, 6.07) is 5.68. The highest BCUT2D eigenvalue weighted by Crippen LogP contribution is 2.22. The summed E-state index contributed by atoms with van der Waals surface area (Å²) in [5.74, 6) is 1.24. The van der Waals surface area contributed by atoms with Gasteiger partial charge in [0.25, 0.3) is 0 Å². The van der Waals surface area contributed by atoms with Crippen molar-refractivity contribution >= 4 is 11.6 Å². The standard InChI is InChI=1S/C12H18ClNO/c1-8(2)11(14)7-15-12-6-10(13)5-4-9(12)3/h4-6,8,11H,7,14H2,1-3H3. The Hall–Kier alpha value is -0.730. The van der Waals surface area contributed by atoms with Gasteiger partial charge in [0.05, 0.1) is 0 Å². The first kappa shape index (κ1) is 12.3. The van der Waals surface area contributed by atoms with Gasteiger partial charge in [-0.05, 0) is 30.5 Å². The lowest BCUT2D eigenvalue weighted by molar-refractivity contribution is 0.258. The first-order valence-electron chi connectivity index (χ1n) is 5.15. The second kappa shape index (κ2) is 5.38. The van der Waals surface area contributed by atoms with E-state index in [1.54, 1.807) is 0 Å². The second-order valence-corrected chi connectivity index (χ2v) is 4.57. The van der Waals surface area contributed by atoms with E-state index in [1.165, 1.54) is 0 Å². The summed E-state index contributed by atoms with van der Waals surface area (Å²) in [6.07, 6.45) is 0. The minimum atomic E-state index is 0.0587. The summed E-state index contributed by atoms with van der Waals surface area (Å²) in [4.78, 5) is 0. The van der Waals surface area contributed by atoms with E-state index in [0.29, 0.717) is 17.5 Å². The summed E-state index contributed by atoms with van der Waals surface area (Å²) >= 11 is 5.88. The molecule has 1 unspecified atom stereocenters. The van der Waals surface area contributed by atoms with Gasteiger partial charge in [0, 0.05) is 11.1 Å². The van der Waals surface area contributed by atoms with Crippen molar-refractivity contribution in [3.8, 4) is 5.75 Å². The maximum Gasteiger partial charge on any atom is 0.123 e. The van der Waals surface area contributed by atoms with Crippen LogP contribution >= 0.6 is 11.6 Å². The van der Waals surface area contributed by atoms with Gasteiger partial charge >= 0.3 is 0 Å². The Morgan fingerprint density at radius 1 is 1.40 bits per heavy atom. The molecule has 0 radical (unpaired) electrons. The van der Waals surface area contributed by atoms with Gasteiger partial charge in [-0.3, -0.25) is 0 Å². The first-order chi connectivity index (χ1) is 7.00. The molecule has 2 N–H and O–H groups in total. The maximum atomic E-state index is 5.89. The predicted octanol–water partition coefficient (Wildman–Crippen LogP) is 3.01. The van der Waals surface area contributed by atoms with Gasteiger partial charge in [-0.15, -0.1) is 0 Å². The normalized spacial score (nSPS) is 12.9. The molecule has 1 rings (SSSR count). The molecule has 0 aromatic heterocycles. The van der Waals surface area contributed by atoms with E-state index in [9.17, 15) is 0 Å². The zero-order valence-corrected chi connectivity index (χ0v) is 10.2. The van der Waals surface area contributed by atoms with E-state index in [0.717, 1.165) is 11.3 Å². The Balaban J connectivity index is 2.61. The highest BCUT2D eigenvalue weighted by atomic mass is 35.5. The zero-order valence-electron chi connectivity index (χ0n) is 9.46. The van der Waals surface area contributed by atoms with Crippen LogP contribution in [0, 0.1) is 12.8 Å². The number of nitrogens with two attached hydrogens (primary N) is 1. The lowest BCUT2D eigenvalue weighted by Gasteiger charge is -2.17. The van der Waals surface area contributed by atoms with Crippen LogP contribution in [-0.4, -0.2) is 12.6 Å². The fourth-order valence-corrected chi connectivity index (χ4v) is 1.27. The van der Waals surface area contributed by atoms with Crippen molar-refractivity contribution in [2.24, 2.45) is 11.7 Å². The molecule has 0 amide bonds. The molecule has 1 aromatic carbocycles. The molecule has 0 bridgehead atoms. The van der Waals surface area contributed by atoms with Crippen LogP contribution in [-0.2, 0) is 0 Å². The summed E-state index contributed by atoms with van der Waals surface area (Å²) in [5.41, 5.74) is 6.97. The number of benzene rings is 1. The molecule has 84 valence electrons. The summed E-state index contributed by atoms with van der Waals surface area (Å²) in [7, 11) is 0. The molecule has 0 fully saturated rings. The fourth-order valence-electron chi connectivity index (χ4n) is 1.11. The van der Waals surface area contributed by atoms with Crippen molar-refractivity contribution in [2.45, 2.75) is 26.8 Å². The molecular formula is C12H18ClNO. The molecule has 1 aromatic rings. The predicted molar refractivity (Wildman–Crippen MR) is 64.5 cm³/mol. The molecule has 0 aliphatic heterocycles. The van der Waals surface area contributed by atoms with E-state index in [1.807, 2.05) is 25.1 Å². The van der Waals surface area contributed by atoms with Crippen molar-refractivity contribution in [2.75, 3.05) is 6.61 Å². The molecule has 0 aliphatic carbocycles. The Bertz CT molecular complexity index is 325. The summed E-state index contributed by atoms with van der Waals surface area (Å²) in [5, 5.41) is 0.689. The smallest absolute Gasteiger partial charge is 0.123 e. The molecule has 0 saturated carbocycles.